The normalized spacial score (nSPS) is 19.4. The molecule has 0 saturated carbocycles. The molecule has 33 heavy (non-hydrogen) atoms. The summed E-state index contributed by atoms with van der Waals surface area (Å²) in [4.78, 5) is 11.2. The smallest absolute Gasteiger partial charge is 0.191 e. The van der Waals surface area contributed by atoms with E-state index >= 15 is 0 Å². The zero-order valence-electron chi connectivity index (χ0n) is 19.8. The fourth-order valence-corrected chi connectivity index (χ4v) is 3.69. The van der Waals surface area contributed by atoms with Crippen molar-refractivity contribution in [2.45, 2.75) is 52.0 Å². The van der Waals surface area contributed by atoms with Crippen LogP contribution in [-0.4, -0.2) is 55.9 Å². The van der Waals surface area contributed by atoms with Crippen LogP contribution in [0.5, 0.6) is 5.75 Å². The topological polar surface area (TPSA) is 71.0 Å². The molecule has 3 unspecified atom stereocenters. The Labute approximate surface area is 213 Å². The van der Waals surface area contributed by atoms with Crippen LogP contribution in [0.1, 0.15) is 32.8 Å². The Morgan fingerprint density at radius 3 is 2.61 bits per heavy atom. The summed E-state index contributed by atoms with van der Waals surface area (Å²) >= 11 is 0. The van der Waals surface area contributed by atoms with Crippen LogP contribution in [-0.2, 0) is 11.3 Å². The molecule has 1 fully saturated rings. The van der Waals surface area contributed by atoms with Crippen molar-refractivity contribution >= 4 is 35.8 Å². The summed E-state index contributed by atoms with van der Waals surface area (Å²) in [5.74, 6) is 1.86. The van der Waals surface area contributed by atoms with E-state index in [-0.39, 0.29) is 48.1 Å². The van der Waals surface area contributed by atoms with Crippen molar-refractivity contribution in [3.8, 4) is 5.75 Å². The van der Waals surface area contributed by atoms with Gasteiger partial charge in [-0.2, -0.15) is 0 Å². The van der Waals surface area contributed by atoms with Gasteiger partial charge in [0.25, 0.3) is 0 Å². The van der Waals surface area contributed by atoms with Gasteiger partial charge in [0.1, 0.15) is 23.5 Å². The van der Waals surface area contributed by atoms with Crippen molar-refractivity contribution in [3.05, 3.63) is 54.0 Å². The van der Waals surface area contributed by atoms with Crippen LogP contribution in [0.25, 0.3) is 0 Å². The van der Waals surface area contributed by atoms with E-state index in [1.807, 2.05) is 13.1 Å². The van der Waals surface area contributed by atoms with E-state index in [1.165, 1.54) is 12.1 Å². The van der Waals surface area contributed by atoms with E-state index in [9.17, 15) is 4.39 Å². The van der Waals surface area contributed by atoms with E-state index in [2.05, 4.69) is 51.5 Å². The number of nitrogens with zero attached hydrogens (tertiary/aromatic N) is 3. The number of aliphatic imine (C=N–C) groups is 1. The van der Waals surface area contributed by atoms with Gasteiger partial charge in [-0.3, -0.25) is 4.99 Å². The molecule has 0 radical (unpaired) electrons. The molecule has 1 aliphatic rings. The summed E-state index contributed by atoms with van der Waals surface area (Å²) in [5, 5.41) is 6.58. The third-order valence-electron chi connectivity index (χ3n) is 5.29. The van der Waals surface area contributed by atoms with Gasteiger partial charge in [-0.05, 0) is 44.0 Å². The zero-order chi connectivity index (χ0) is 22.9. The summed E-state index contributed by atoms with van der Waals surface area (Å²) < 4.78 is 25.1. The molecule has 0 spiro atoms. The van der Waals surface area contributed by atoms with E-state index in [4.69, 9.17) is 9.47 Å². The number of nitrogens with one attached hydrogen (secondary N) is 2. The number of aromatic nitrogens is 1. The molecule has 0 aliphatic carbocycles. The molecule has 1 saturated heterocycles. The van der Waals surface area contributed by atoms with Gasteiger partial charge in [0.05, 0.1) is 18.8 Å². The van der Waals surface area contributed by atoms with Gasteiger partial charge in [0, 0.05) is 38.9 Å². The van der Waals surface area contributed by atoms with Crippen LogP contribution < -0.4 is 20.3 Å². The molecule has 9 heteroatoms. The number of rotatable bonds is 8. The van der Waals surface area contributed by atoms with Crippen molar-refractivity contribution in [3.63, 3.8) is 0 Å². The number of ether oxygens (including phenoxy) is 2. The van der Waals surface area contributed by atoms with Gasteiger partial charge < -0.3 is 25.0 Å². The van der Waals surface area contributed by atoms with E-state index in [0.29, 0.717) is 24.8 Å². The Hall–Kier alpha value is -2.14. The number of hydrogen-bond acceptors (Lipinski definition) is 5. The van der Waals surface area contributed by atoms with Gasteiger partial charge in [0.15, 0.2) is 5.96 Å². The predicted octanol–water partition coefficient (Wildman–Crippen LogP) is 3.97. The summed E-state index contributed by atoms with van der Waals surface area (Å²) in [6.45, 7) is 9.06. The average Bonchev–Trinajstić information content (AvgIpc) is 2.78. The van der Waals surface area contributed by atoms with Crippen molar-refractivity contribution in [2.24, 2.45) is 4.99 Å². The number of anilines is 1. The summed E-state index contributed by atoms with van der Waals surface area (Å²) in [7, 11) is 1.73. The van der Waals surface area contributed by atoms with E-state index in [0.717, 1.165) is 30.9 Å². The van der Waals surface area contributed by atoms with E-state index < -0.39 is 0 Å². The number of hydrogen-bond donors (Lipinski definition) is 2. The largest absolute Gasteiger partial charge is 0.489 e. The molecule has 7 nitrogen and oxygen atoms in total. The maximum Gasteiger partial charge on any atom is 0.191 e. The molecule has 2 N–H and O–H groups in total. The zero-order valence-corrected chi connectivity index (χ0v) is 22.1. The molecule has 3 atom stereocenters. The lowest BCUT2D eigenvalue weighted by Gasteiger charge is -2.36. The Bertz CT molecular complexity index is 873. The first kappa shape index (κ1) is 27.1. The number of pyridine rings is 1. The molecular weight excluding hydrogens is 536 g/mol. The highest BCUT2D eigenvalue weighted by Gasteiger charge is 2.23. The maximum atomic E-state index is 13.4. The van der Waals surface area contributed by atoms with Gasteiger partial charge >= 0.3 is 0 Å². The van der Waals surface area contributed by atoms with Crippen molar-refractivity contribution < 1.29 is 13.9 Å². The second-order valence-electron chi connectivity index (χ2n) is 8.10. The average molecular weight is 571 g/mol. The predicted molar refractivity (Wildman–Crippen MR) is 141 cm³/mol. The molecule has 2 aromatic rings. The molecule has 1 aliphatic heterocycles. The fraction of sp³-hybridized carbons (Fsp3) is 0.500. The van der Waals surface area contributed by atoms with Gasteiger partial charge in [-0.1, -0.05) is 19.1 Å². The molecule has 0 amide bonds. The van der Waals surface area contributed by atoms with Crippen molar-refractivity contribution in [1.82, 2.24) is 15.6 Å². The second kappa shape index (κ2) is 13.5. The van der Waals surface area contributed by atoms with Gasteiger partial charge in [0.2, 0.25) is 0 Å². The van der Waals surface area contributed by atoms with Crippen LogP contribution in [0.3, 0.4) is 0 Å². The summed E-state index contributed by atoms with van der Waals surface area (Å²) in [6.07, 6.45) is 2.98. The molecule has 0 bridgehead atoms. The number of morpholine rings is 1. The highest BCUT2D eigenvalue weighted by Crippen LogP contribution is 2.18. The number of halogens is 2. The summed E-state index contributed by atoms with van der Waals surface area (Å²) in [6, 6.07) is 10.3. The highest BCUT2D eigenvalue weighted by atomic mass is 127. The van der Waals surface area contributed by atoms with E-state index in [1.54, 1.807) is 19.2 Å². The van der Waals surface area contributed by atoms with Crippen LogP contribution in [0.15, 0.2) is 47.6 Å². The Morgan fingerprint density at radius 2 is 2.00 bits per heavy atom. The Kier molecular flexibility index (Phi) is 11.1. The molecule has 1 aromatic carbocycles. The maximum absolute atomic E-state index is 13.4. The minimum atomic E-state index is -0.305. The van der Waals surface area contributed by atoms with Gasteiger partial charge in [-0.25, -0.2) is 9.37 Å². The molecule has 182 valence electrons. The lowest BCUT2D eigenvalue weighted by molar-refractivity contribution is -0.00546. The first-order valence-corrected chi connectivity index (χ1v) is 11.2. The minimum absolute atomic E-state index is 0. The molecule has 3 rings (SSSR count). The van der Waals surface area contributed by atoms with Crippen LogP contribution in [0.2, 0.25) is 0 Å². The van der Waals surface area contributed by atoms with Crippen LogP contribution in [0.4, 0.5) is 10.2 Å². The van der Waals surface area contributed by atoms with Crippen LogP contribution in [0, 0.1) is 5.82 Å². The monoisotopic (exact) mass is 571 g/mol. The first-order valence-electron chi connectivity index (χ1n) is 11.2. The molecule has 1 aromatic heterocycles. The minimum Gasteiger partial charge on any atom is -0.489 e. The third-order valence-corrected chi connectivity index (χ3v) is 5.29. The summed E-state index contributed by atoms with van der Waals surface area (Å²) in [5.41, 5.74) is 1.06. The highest BCUT2D eigenvalue weighted by molar-refractivity contribution is 14.0. The standard InChI is InChI=1S/C24H34FN5O2.HI/c1-5-21(32-22-8-6-7-20(25)11-22)14-29-24(26-4)28-13-19-9-10-23(27-12-19)30-15-17(2)31-18(3)16-30;/h6-12,17-18,21H,5,13-16H2,1-4H3,(H2,26,28,29);1H. The first-order chi connectivity index (χ1) is 15.5. The quantitative estimate of drug-likeness (QED) is 0.284. The Morgan fingerprint density at radius 1 is 1.24 bits per heavy atom. The number of guanidine groups is 1. The number of benzene rings is 1. The van der Waals surface area contributed by atoms with Crippen molar-refractivity contribution in [1.29, 1.82) is 0 Å². The molecule has 2 heterocycles. The SMILES string of the molecule is CCC(CNC(=NC)NCc1ccc(N2CC(C)OC(C)C2)nc1)Oc1cccc(F)c1.I. The lowest BCUT2D eigenvalue weighted by atomic mass is 10.2. The Balaban J connectivity index is 0.00000385. The lowest BCUT2D eigenvalue weighted by Crippen LogP contribution is -2.45. The molecular formula is C24H35FIN5O2. The second-order valence-corrected chi connectivity index (χ2v) is 8.10. The van der Waals surface area contributed by atoms with Gasteiger partial charge in [-0.15, -0.1) is 24.0 Å². The van der Waals surface area contributed by atoms with Crippen molar-refractivity contribution in [2.75, 3.05) is 31.6 Å². The van der Waals surface area contributed by atoms with Crippen LogP contribution >= 0.6 is 24.0 Å². The fourth-order valence-electron chi connectivity index (χ4n) is 3.69. The third kappa shape index (κ3) is 8.62.